The molecular weight excluding hydrogens is 328 g/mol. The van der Waals surface area contributed by atoms with Gasteiger partial charge in [-0.2, -0.15) is 0 Å². The zero-order valence-electron chi connectivity index (χ0n) is 16.3. The van der Waals surface area contributed by atoms with Crippen molar-refractivity contribution in [1.29, 1.82) is 0 Å². The van der Waals surface area contributed by atoms with Crippen LogP contribution in [0, 0.1) is 0 Å². The first-order valence-corrected chi connectivity index (χ1v) is 9.47. The monoisotopic (exact) mass is 352 g/mol. The van der Waals surface area contributed by atoms with Crippen molar-refractivity contribution in [1.82, 2.24) is 0 Å². The second kappa shape index (κ2) is 6.66. The first-order valence-electron chi connectivity index (χ1n) is 9.47. The van der Waals surface area contributed by atoms with E-state index in [9.17, 15) is 4.79 Å². The molecule has 0 heterocycles. The van der Waals surface area contributed by atoms with Crippen molar-refractivity contribution < 1.29 is 4.79 Å². The minimum Gasteiger partial charge on any atom is -0.289 e. The molecule has 0 radical (unpaired) electrons. The van der Waals surface area contributed by atoms with E-state index in [0.717, 1.165) is 27.5 Å². The van der Waals surface area contributed by atoms with E-state index in [1.807, 2.05) is 42.5 Å². The molecule has 134 valence electrons. The normalized spacial score (nSPS) is 15.1. The number of hydrogen-bond acceptors (Lipinski definition) is 1. The standard InChI is InChI=1S/C26H24O/c1-16-17(2)19(4)24(18(16)3)23-15-14-20-10-8-9-13-22(20)25(23)26(27)21-11-6-5-7-12-21/h5-15,24H,1-4H3. The van der Waals surface area contributed by atoms with E-state index in [-0.39, 0.29) is 11.7 Å². The van der Waals surface area contributed by atoms with Gasteiger partial charge in [0.25, 0.3) is 0 Å². The molecule has 0 saturated heterocycles. The van der Waals surface area contributed by atoms with Crippen molar-refractivity contribution >= 4 is 16.6 Å². The quantitative estimate of drug-likeness (QED) is 0.472. The molecular formula is C26H24O. The fraction of sp³-hybridized carbons (Fsp3) is 0.192. The van der Waals surface area contributed by atoms with Gasteiger partial charge in [-0.05, 0) is 55.2 Å². The molecule has 4 rings (SSSR count). The van der Waals surface area contributed by atoms with E-state index in [1.165, 1.54) is 22.3 Å². The van der Waals surface area contributed by atoms with Crippen molar-refractivity contribution in [2.24, 2.45) is 0 Å². The van der Waals surface area contributed by atoms with Crippen LogP contribution in [-0.2, 0) is 0 Å². The van der Waals surface area contributed by atoms with Crippen LogP contribution in [-0.4, -0.2) is 5.78 Å². The zero-order chi connectivity index (χ0) is 19.1. The maximum Gasteiger partial charge on any atom is 0.193 e. The van der Waals surface area contributed by atoms with Crippen molar-refractivity contribution in [2.45, 2.75) is 33.6 Å². The number of fused-ring (bicyclic) bond motifs is 1. The van der Waals surface area contributed by atoms with Crippen LogP contribution < -0.4 is 0 Å². The summed E-state index contributed by atoms with van der Waals surface area (Å²) in [4.78, 5) is 13.6. The Morgan fingerprint density at radius 1 is 0.704 bits per heavy atom. The lowest BCUT2D eigenvalue weighted by Crippen LogP contribution is -2.11. The Bertz CT molecular complexity index is 1090. The van der Waals surface area contributed by atoms with Gasteiger partial charge in [0.1, 0.15) is 0 Å². The summed E-state index contributed by atoms with van der Waals surface area (Å²) in [5, 5.41) is 2.14. The van der Waals surface area contributed by atoms with E-state index in [0.29, 0.717) is 0 Å². The van der Waals surface area contributed by atoms with E-state index in [1.54, 1.807) is 0 Å². The van der Waals surface area contributed by atoms with Crippen molar-refractivity contribution in [3.63, 3.8) is 0 Å². The van der Waals surface area contributed by atoms with Crippen LogP contribution in [0.1, 0.15) is 55.1 Å². The Balaban J connectivity index is 2.02. The molecule has 0 saturated carbocycles. The highest BCUT2D eigenvalue weighted by atomic mass is 16.1. The predicted octanol–water partition coefficient (Wildman–Crippen LogP) is 6.84. The van der Waals surface area contributed by atoms with Crippen LogP contribution in [0.3, 0.4) is 0 Å². The van der Waals surface area contributed by atoms with Crippen molar-refractivity contribution in [3.8, 4) is 0 Å². The van der Waals surface area contributed by atoms with E-state index in [2.05, 4.69) is 52.0 Å². The number of rotatable bonds is 3. The van der Waals surface area contributed by atoms with Gasteiger partial charge < -0.3 is 0 Å². The molecule has 3 aromatic carbocycles. The minimum atomic E-state index is 0.102. The summed E-state index contributed by atoms with van der Waals surface area (Å²) in [6, 6.07) is 22.1. The third-order valence-corrected chi connectivity index (χ3v) is 6.15. The lowest BCUT2D eigenvalue weighted by Gasteiger charge is -2.21. The summed E-state index contributed by atoms with van der Waals surface area (Å²) in [5.74, 6) is 0.280. The Labute approximate surface area is 161 Å². The maximum absolute atomic E-state index is 13.6. The van der Waals surface area contributed by atoms with Crippen LogP contribution >= 0.6 is 0 Å². The molecule has 3 aromatic rings. The number of hydrogen-bond donors (Lipinski definition) is 0. The van der Waals surface area contributed by atoms with Crippen LogP contribution in [0.4, 0.5) is 0 Å². The molecule has 0 N–H and O–H groups in total. The number of carbonyl (C=O) groups is 1. The van der Waals surface area contributed by atoms with Crippen LogP contribution in [0.15, 0.2) is 89.0 Å². The molecule has 1 aliphatic carbocycles. The van der Waals surface area contributed by atoms with Crippen LogP contribution in [0.2, 0.25) is 0 Å². The largest absolute Gasteiger partial charge is 0.289 e. The summed E-state index contributed by atoms with van der Waals surface area (Å²) in [6.45, 7) is 8.78. The summed E-state index contributed by atoms with van der Waals surface area (Å²) in [6.07, 6.45) is 0. The third-order valence-electron chi connectivity index (χ3n) is 6.15. The van der Waals surface area contributed by atoms with Gasteiger partial charge in [-0.3, -0.25) is 4.79 Å². The lowest BCUT2D eigenvalue weighted by atomic mass is 9.81. The first kappa shape index (κ1) is 17.5. The lowest BCUT2D eigenvalue weighted by molar-refractivity contribution is 0.103. The first-order chi connectivity index (χ1) is 13.0. The Kier molecular flexibility index (Phi) is 4.31. The predicted molar refractivity (Wildman–Crippen MR) is 113 cm³/mol. The van der Waals surface area contributed by atoms with Gasteiger partial charge in [-0.1, -0.05) is 77.9 Å². The number of ketones is 1. The topological polar surface area (TPSA) is 17.1 Å². The zero-order valence-corrected chi connectivity index (χ0v) is 16.3. The fourth-order valence-corrected chi connectivity index (χ4v) is 4.33. The number of benzene rings is 3. The molecule has 1 heteroatoms. The molecule has 0 unspecified atom stereocenters. The van der Waals surface area contributed by atoms with Gasteiger partial charge in [0, 0.05) is 17.0 Å². The molecule has 0 bridgehead atoms. The SMILES string of the molecule is CC1=C(C)C(c2ccc3ccccc3c2C(=O)c2ccccc2)C(C)=C1C. The van der Waals surface area contributed by atoms with Crippen molar-refractivity contribution in [3.05, 3.63) is 106 Å². The molecule has 0 amide bonds. The molecule has 0 atom stereocenters. The van der Waals surface area contributed by atoms with Gasteiger partial charge >= 0.3 is 0 Å². The molecule has 1 aliphatic rings. The molecule has 0 aromatic heterocycles. The van der Waals surface area contributed by atoms with Gasteiger partial charge in [-0.15, -0.1) is 0 Å². The van der Waals surface area contributed by atoms with Gasteiger partial charge in [0.05, 0.1) is 0 Å². The Hall–Kier alpha value is -2.93. The third kappa shape index (κ3) is 2.75. The average molecular weight is 352 g/mol. The van der Waals surface area contributed by atoms with Crippen LogP contribution in [0.25, 0.3) is 10.8 Å². The molecule has 0 aliphatic heterocycles. The number of allylic oxidation sites excluding steroid dienone is 4. The molecule has 0 spiro atoms. The summed E-state index contributed by atoms with van der Waals surface area (Å²) in [5.41, 5.74) is 8.10. The van der Waals surface area contributed by atoms with Crippen molar-refractivity contribution in [2.75, 3.05) is 0 Å². The second-order valence-corrected chi connectivity index (χ2v) is 7.50. The van der Waals surface area contributed by atoms with Gasteiger partial charge in [-0.25, -0.2) is 0 Å². The average Bonchev–Trinajstić information content (AvgIpc) is 2.90. The van der Waals surface area contributed by atoms with Crippen LogP contribution in [0.5, 0.6) is 0 Å². The summed E-state index contributed by atoms with van der Waals surface area (Å²) >= 11 is 0. The minimum absolute atomic E-state index is 0.102. The smallest absolute Gasteiger partial charge is 0.193 e. The molecule has 1 nitrogen and oxygen atoms in total. The fourth-order valence-electron chi connectivity index (χ4n) is 4.33. The Morgan fingerprint density at radius 3 is 1.96 bits per heavy atom. The highest BCUT2D eigenvalue weighted by Gasteiger charge is 2.30. The van der Waals surface area contributed by atoms with E-state index < -0.39 is 0 Å². The summed E-state index contributed by atoms with van der Waals surface area (Å²) in [7, 11) is 0. The Morgan fingerprint density at radius 2 is 1.30 bits per heavy atom. The molecule has 27 heavy (non-hydrogen) atoms. The number of carbonyl (C=O) groups excluding carboxylic acids is 1. The second-order valence-electron chi connectivity index (χ2n) is 7.50. The summed E-state index contributed by atoms with van der Waals surface area (Å²) < 4.78 is 0. The highest BCUT2D eigenvalue weighted by molar-refractivity contribution is 6.17. The molecule has 0 fully saturated rings. The van der Waals surface area contributed by atoms with E-state index >= 15 is 0 Å². The van der Waals surface area contributed by atoms with Gasteiger partial charge in [0.15, 0.2) is 5.78 Å². The highest BCUT2D eigenvalue weighted by Crippen LogP contribution is 2.45. The van der Waals surface area contributed by atoms with Gasteiger partial charge in [0.2, 0.25) is 0 Å². The van der Waals surface area contributed by atoms with E-state index in [4.69, 9.17) is 0 Å². The maximum atomic E-state index is 13.6.